The highest BCUT2D eigenvalue weighted by atomic mass is 31.3. The monoisotopic (exact) mass is 1840 g/mol. The van der Waals surface area contributed by atoms with E-state index in [0.717, 1.165) is 118 Å². The number of rotatable bonds is 54. The number of fused-ring (bicyclic) bond motifs is 2. The second kappa shape index (κ2) is 43.0. The number of nitrogens with two attached hydrogens (primary N) is 2. The van der Waals surface area contributed by atoms with E-state index in [2.05, 4.69) is 111 Å². The van der Waals surface area contributed by atoms with Crippen LogP contribution in [0.5, 0.6) is 0 Å². The number of anilines is 2. The Morgan fingerprint density at radius 3 is 1.35 bits per heavy atom. The number of carbonyl (C=O) groups is 6. The number of nitrogen functional groups attached to an aromatic ring is 2. The molecule has 8 rings (SSSR count). The third kappa shape index (κ3) is 30.2. The number of benzene rings is 1. The second-order valence-corrected chi connectivity index (χ2v) is 39.8. The second-order valence-electron chi connectivity index (χ2n) is 31.6. The number of hydrogen-bond donors (Lipinski definition) is 10. The van der Waals surface area contributed by atoms with Gasteiger partial charge in [-0.25, -0.2) is 38.5 Å². The molecular weight excluding hydrogens is 1740 g/mol. The van der Waals surface area contributed by atoms with Gasteiger partial charge in [0.1, 0.15) is 84.1 Å². The van der Waals surface area contributed by atoms with E-state index < -0.39 is 180 Å². The van der Waals surface area contributed by atoms with E-state index >= 15 is 0 Å². The molecule has 48 nitrogen and oxygen atoms in total. The number of aliphatic hydroxyl groups excluding tert-OH is 4. The first-order valence-electron chi connectivity index (χ1n) is 38.6. The van der Waals surface area contributed by atoms with E-state index in [1.54, 1.807) is 0 Å². The lowest BCUT2D eigenvalue weighted by Crippen LogP contribution is -2.46. The van der Waals surface area contributed by atoms with E-state index in [4.69, 9.17) is 20.9 Å². The number of amides is 4. The van der Waals surface area contributed by atoms with Gasteiger partial charge < -0.3 is 138 Å². The molecule has 1 saturated carbocycles. The molecule has 684 valence electrons. The smallest absolute Gasteiger partial charge is 0.274 e. The Morgan fingerprint density at radius 1 is 0.541 bits per heavy atom. The highest BCUT2D eigenvalue weighted by Crippen LogP contribution is 2.59. The van der Waals surface area contributed by atoms with Crippen LogP contribution >= 0.6 is 46.9 Å². The number of phosphoric acid groups is 6. The average Bonchev–Trinajstić information content (AvgIpc) is 1.62. The number of ketones is 2. The number of unbranched alkanes of at least 4 members (excludes halogenated alkanes) is 6. The van der Waals surface area contributed by atoms with Crippen molar-refractivity contribution in [2.24, 2.45) is 21.7 Å². The topological polar surface area (TPSA) is 750 Å². The molecule has 2 aliphatic heterocycles. The largest absolute Gasteiger partial charge is 0.790 e. The van der Waals surface area contributed by atoms with Gasteiger partial charge in [0, 0.05) is 73.5 Å². The van der Waals surface area contributed by atoms with Crippen LogP contribution in [0.2, 0.25) is 0 Å². The summed E-state index contributed by atoms with van der Waals surface area (Å²) >= 11 is 0. The number of ether oxygens (including phenoxy) is 2. The Hall–Kier alpha value is -6.36. The van der Waals surface area contributed by atoms with Crippen molar-refractivity contribution < 1.29 is 161 Å². The van der Waals surface area contributed by atoms with Gasteiger partial charge in [0.25, 0.3) is 31.3 Å². The van der Waals surface area contributed by atoms with Gasteiger partial charge in [-0.15, -0.1) is 0 Å². The molecule has 2 saturated heterocycles. The highest BCUT2D eigenvalue weighted by molar-refractivity contribution is 7.60. The zero-order valence-corrected chi connectivity index (χ0v) is 72.6. The van der Waals surface area contributed by atoms with Gasteiger partial charge in [-0.1, -0.05) is 104 Å². The number of nitrogens with zero attached hydrogens (tertiary/aromatic N) is 8. The number of aromatic nitrogens is 8. The molecular formula is C68H100N14O34P6-8. The predicted octanol–water partition coefficient (Wildman–Crippen LogP) is -1.82. The normalized spacial score (nSPS) is 22.0. The standard InChI is InChI=1S/C68H108N14O34P6/c1-65(2,45(83)20-28-71-47(85)22-30-73-61(91)55(89)66(3,4)35-109-121(103,104)115-119(99,100)107-33-43-53(113-117(93,94)95)51(87)63(111-43)81-39-79-49-57(69)75-37-77-59(49)81)24-13-9-7-11-16-41-18-15-19-42(32-41)17-12-8-10-14-25-68(26-27-68)46(84)21-29-72-48(86)23-31-74-62(92)56(90)67(5,6)36-110-122(105,106)116-120(101,102)108-34-44-54(114-118(96,97)98)52(88)64(112-44)82-40-80-50-58(70)76-38-78-60(50)82/h15,18-19,32,37-40,43-44,51-56,63-64,87-90H,7-14,16-17,20-31,33-36H2,1-6H3,(H,71,85)(H,72,86)(H,73,91)(H,74,92)(H,99,100)(H,101,102)(H,103,104)(H,105,106)(H2,69,75,77)(H2,70,76,78)(H2,93,94,95)(H2,96,97,98)/p-8. The van der Waals surface area contributed by atoms with Crippen LogP contribution in [0.3, 0.4) is 0 Å². The predicted molar refractivity (Wildman–Crippen MR) is 406 cm³/mol. The third-order valence-corrected chi connectivity index (χ3v) is 26.6. The molecule has 3 fully saturated rings. The van der Waals surface area contributed by atoms with E-state index in [1.807, 2.05) is 13.8 Å². The Bertz CT molecular complexity index is 4490. The Morgan fingerprint density at radius 2 is 0.934 bits per heavy atom. The van der Waals surface area contributed by atoms with Gasteiger partial charge in [-0.3, -0.25) is 56.2 Å². The van der Waals surface area contributed by atoms with Crippen molar-refractivity contribution in [3.8, 4) is 0 Å². The fraction of sp³-hybridized carbons (Fsp3) is 0.676. The average molecular weight is 1840 g/mol. The summed E-state index contributed by atoms with van der Waals surface area (Å²) in [6, 6.07) is 8.48. The summed E-state index contributed by atoms with van der Waals surface area (Å²) in [6.07, 6.45) is -3.61. The first-order valence-corrected chi connectivity index (χ1v) is 47.4. The van der Waals surface area contributed by atoms with Crippen molar-refractivity contribution in [3.63, 3.8) is 0 Å². The van der Waals surface area contributed by atoms with Crippen molar-refractivity contribution in [3.05, 3.63) is 60.7 Å². The molecule has 0 radical (unpaired) electrons. The quantitative estimate of drug-likeness (QED) is 0.0151. The van der Waals surface area contributed by atoms with Crippen molar-refractivity contribution in [1.29, 1.82) is 0 Å². The van der Waals surface area contributed by atoms with Crippen molar-refractivity contribution >= 4 is 116 Å². The third-order valence-electron chi connectivity index (χ3n) is 20.5. The van der Waals surface area contributed by atoms with Gasteiger partial charge in [-0.05, 0) is 62.5 Å². The summed E-state index contributed by atoms with van der Waals surface area (Å²) in [5.74, 6) is -3.36. The minimum Gasteiger partial charge on any atom is -0.790 e. The molecule has 122 heavy (non-hydrogen) atoms. The van der Waals surface area contributed by atoms with E-state index in [-0.39, 0.29) is 97.4 Å². The number of aliphatic hydroxyl groups is 4. The van der Waals surface area contributed by atoms with Crippen LogP contribution in [-0.4, -0.2) is 196 Å². The van der Waals surface area contributed by atoms with E-state index in [1.165, 1.54) is 38.8 Å². The summed E-state index contributed by atoms with van der Waals surface area (Å²) in [6.45, 7) is 3.23. The molecule has 6 heterocycles. The molecule has 4 aromatic heterocycles. The van der Waals surface area contributed by atoms with Gasteiger partial charge in [0.05, 0.1) is 54.7 Å². The van der Waals surface area contributed by atoms with Crippen LogP contribution in [0, 0.1) is 21.7 Å². The molecule has 0 spiro atoms. The van der Waals surface area contributed by atoms with Gasteiger partial charge in [-0.2, -0.15) is 0 Å². The molecule has 1 aromatic carbocycles. The zero-order chi connectivity index (χ0) is 90.2. The summed E-state index contributed by atoms with van der Waals surface area (Å²) in [5, 5.41) is 53.3. The van der Waals surface area contributed by atoms with Gasteiger partial charge in [0.15, 0.2) is 35.4 Å². The fourth-order valence-electron chi connectivity index (χ4n) is 13.4. The first kappa shape index (κ1) is 101. The molecule has 0 bridgehead atoms. The zero-order valence-electron chi connectivity index (χ0n) is 67.2. The number of Topliss-reactive ketones (excluding diaryl/α,β-unsaturated/α-hetero) is 2. The number of aryl methyl sites for hydroxylation is 2. The maximum atomic E-state index is 13.3. The minimum atomic E-state index is -5.98. The summed E-state index contributed by atoms with van der Waals surface area (Å²) < 4.78 is 123. The van der Waals surface area contributed by atoms with Crippen LogP contribution in [0.4, 0.5) is 11.6 Å². The Balaban J connectivity index is 0.617. The minimum absolute atomic E-state index is 0.0198. The lowest BCUT2D eigenvalue weighted by atomic mass is 9.81. The number of imidazole rings is 2. The molecule has 5 aromatic rings. The Kier molecular flexibility index (Phi) is 35.6. The lowest BCUT2D eigenvalue weighted by Gasteiger charge is -2.36. The molecule has 4 amide bonds. The number of hydrogen-bond acceptors (Lipinski definition) is 42. The fourth-order valence-corrected chi connectivity index (χ4v) is 18.8. The molecule has 12 N–H and O–H groups in total. The van der Waals surface area contributed by atoms with Crippen molar-refractivity contribution in [2.75, 3.05) is 64.1 Å². The summed E-state index contributed by atoms with van der Waals surface area (Å²) in [5.41, 5.74) is 9.37. The molecule has 1 aliphatic carbocycles. The van der Waals surface area contributed by atoms with Crippen molar-refractivity contribution in [1.82, 2.24) is 60.3 Å². The van der Waals surface area contributed by atoms with Crippen LogP contribution in [0.1, 0.15) is 168 Å². The first-order chi connectivity index (χ1) is 56.8. The summed E-state index contributed by atoms with van der Waals surface area (Å²) in [4.78, 5) is 198. The summed E-state index contributed by atoms with van der Waals surface area (Å²) in [7, 11) is -35.6. The number of phosphoric ester groups is 6. The molecule has 54 heteroatoms. The molecule has 14 unspecified atom stereocenters. The van der Waals surface area contributed by atoms with Crippen molar-refractivity contribution in [2.45, 2.75) is 218 Å². The maximum Gasteiger partial charge on any atom is 0.274 e. The van der Waals surface area contributed by atoms with Crippen LogP contribution in [0.25, 0.3) is 22.3 Å². The molecule has 3 aliphatic rings. The van der Waals surface area contributed by atoms with Crippen LogP contribution < -0.4 is 71.9 Å². The van der Waals surface area contributed by atoms with E-state index in [9.17, 15) is 116 Å². The SMILES string of the molecule is CC(C)(CCCCCCc1cccc(CCCCCCC2(C(=O)CCNC(=O)CCNC(=O)C(O)C(C)(C)COP(=O)([O-])OP(=O)([O-])OCC3OC(n4cnc5c(N)ncnc54)C(O)C3OP(=O)([O-])[O-])CC2)c1)C(=O)CCNC(=O)CCNC(=O)C(O)C(C)(C)COP(=O)([O-])OP(=O)([O-])OCC1OC(n2cnc3c(N)ncnc32)C(O)C1OP(=O)([O-])[O-]. The van der Waals surface area contributed by atoms with E-state index in [0.29, 0.717) is 6.42 Å². The van der Waals surface area contributed by atoms with Crippen LogP contribution in [0.15, 0.2) is 49.6 Å². The van der Waals surface area contributed by atoms with Gasteiger partial charge in [0.2, 0.25) is 23.6 Å². The number of carbonyl (C=O) groups excluding carboxylic acids is 6. The lowest BCUT2D eigenvalue weighted by molar-refractivity contribution is -0.348. The highest BCUT2D eigenvalue weighted by Gasteiger charge is 2.51. The molecule has 14 atom stereocenters. The number of nitrogens with one attached hydrogen (secondary N) is 4. The Labute approximate surface area is 699 Å². The maximum absolute atomic E-state index is 13.3. The van der Waals surface area contributed by atoms with Gasteiger partial charge >= 0.3 is 0 Å². The van der Waals surface area contributed by atoms with Crippen LogP contribution in [-0.2, 0) is 114 Å².